The number of halogens is 1. The maximum absolute atomic E-state index is 9.91. The summed E-state index contributed by atoms with van der Waals surface area (Å²) in [6.45, 7) is 0. The van der Waals surface area contributed by atoms with E-state index in [2.05, 4.69) is 9.23 Å². The second-order valence-corrected chi connectivity index (χ2v) is 2.40. The van der Waals surface area contributed by atoms with Crippen molar-refractivity contribution >= 4 is 0 Å². The average Bonchev–Trinajstić information content (AvgIpc) is 1.85. The molecular weight excluding hydrogens is 177 g/mol. The fourth-order valence-electron chi connectivity index (χ4n) is 0.418. The molecule has 62 valence electrons. The quantitative estimate of drug-likeness (QED) is 0.454. The van der Waals surface area contributed by atoms with Crippen molar-refractivity contribution in [3.8, 4) is 0 Å². The molecule has 11 heavy (non-hydrogen) atoms. The number of allylic oxidation sites excluding steroid dienone is 2. The first kappa shape index (κ1) is 8.31. The van der Waals surface area contributed by atoms with Gasteiger partial charge in [-0.25, -0.2) is 0 Å². The highest BCUT2D eigenvalue weighted by Crippen LogP contribution is 2.04. The Balaban J connectivity index is 2.39. The van der Waals surface area contributed by atoms with E-state index in [0.717, 1.165) is 12.5 Å². The van der Waals surface area contributed by atoms with Gasteiger partial charge in [0.25, 0.3) is 0 Å². The Morgan fingerprint density at radius 3 is 2.45 bits per heavy atom. The maximum atomic E-state index is 9.91. The molecule has 6 nitrogen and oxygen atoms in total. The monoisotopic (exact) mass is 181 g/mol. The van der Waals surface area contributed by atoms with Crippen LogP contribution >= 0.6 is 0 Å². The van der Waals surface area contributed by atoms with Crippen molar-refractivity contribution in [2.45, 2.75) is 0 Å². The van der Waals surface area contributed by atoms with E-state index in [1.165, 1.54) is 12.2 Å². The van der Waals surface area contributed by atoms with Gasteiger partial charge in [-0.2, -0.15) is 14.0 Å². The Kier molecular flexibility index (Phi) is 2.32. The van der Waals surface area contributed by atoms with Gasteiger partial charge in [0.05, 0.1) is 11.4 Å². The summed E-state index contributed by atoms with van der Waals surface area (Å²) in [5.41, 5.74) is 0. The molecule has 7 heteroatoms. The van der Waals surface area contributed by atoms with Gasteiger partial charge in [0, 0.05) is 0 Å². The predicted molar refractivity (Wildman–Crippen MR) is 22.3 cm³/mol. The van der Waals surface area contributed by atoms with Gasteiger partial charge in [-0.05, 0) is 12.2 Å². The normalized spacial score (nSPS) is 16.8. The molecule has 1 aliphatic heterocycles. The van der Waals surface area contributed by atoms with E-state index in [1.54, 1.807) is 0 Å². The van der Waals surface area contributed by atoms with Crippen LogP contribution in [0.5, 0.6) is 0 Å². The number of hydroxylamine groups is 2. The summed E-state index contributed by atoms with van der Waals surface area (Å²) in [5, 5.41) is 0.421. The van der Waals surface area contributed by atoms with Crippen LogP contribution in [0.15, 0.2) is 24.6 Å². The Morgan fingerprint density at radius 1 is 1.27 bits per heavy atom. The van der Waals surface area contributed by atoms with E-state index < -0.39 is 10.2 Å². The Hall–Kier alpha value is -0.790. The van der Waals surface area contributed by atoms with Crippen LogP contribution in [0.4, 0.5) is 0 Å². The summed E-state index contributed by atoms with van der Waals surface area (Å²) in [6.07, 6.45) is 5.21. The van der Waals surface area contributed by atoms with Crippen LogP contribution in [0.3, 0.4) is 0 Å². The van der Waals surface area contributed by atoms with Crippen LogP contribution in [-0.4, -0.2) is 5.23 Å². The molecule has 0 atom stereocenters. The minimum atomic E-state index is -4.50. The molecule has 0 fully saturated rings. The molecule has 1 heterocycles. The minimum Gasteiger partial charge on any atom is -0.352 e. The largest absolute Gasteiger partial charge is 0.352 e. The summed E-state index contributed by atoms with van der Waals surface area (Å²) >= 11 is 0. The topological polar surface area (TPSA) is 90.9 Å². The van der Waals surface area contributed by atoms with Crippen molar-refractivity contribution in [3.05, 3.63) is 24.6 Å². The summed E-state index contributed by atoms with van der Waals surface area (Å²) in [4.78, 5) is 4.41. The molecule has 0 amide bonds. The molecule has 0 unspecified atom stereocenters. The highest BCUT2D eigenvalue weighted by atomic mass is 35.7. The molecule has 0 aromatic heterocycles. The zero-order valence-corrected chi connectivity index (χ0v) is 5.93. The molecule has 0 aromatic carbocycles. The van der Waals surface area contributed by atoms with Gasteiger partial charge >= 0.3 is 0 Å². The van der Waals surface area contributed by atoms with Gasteiger partial charge in [0.1, 0.15) is 16.5 Å². The van der Waals surface area contributed by atoms with Crippen LogP contribution in [0.1, 0.15) is 0 Å². The molecule has 0 N–H and O–H groups in total. The average molecular weight is 182 g/mol. The number of hydrogen-bond acceptors (Lipinski definition) is 6. The third-order valence-corrected chi connectivity index (χ3v) is 1.02. The molecular formula is C4H4ClNO5. The summed E-state index contributed by atoms with van der Waals surface area (Å²) in [5.74, 6) is 0. The first-order chi connectivity index (χ1) is 5.08. The molecule has 0 saturated heterocycles. The molecule has 0 radical (unpaired) electrons. The zero-order valence-electron chi connectivity index (χ0n) is 5.18. The van der Waals surface area contributed by atoms with E-state index in [9.17, 15) is 14.0 Å². The Bertz CT molecular complexity index is 185. The van der Waals surface area contributed by atoms with Crippen molar-refractivity contribution in [3.63, 3.8) is 0 Å². The first-order valence-electron chi connectivity index (χ1n) is 2.48. The van der Waals surface area contributed by atoms with Crippen molar-refractivity contribution in [2.24, 2.45) is 0 Å². The molecule has 0 spiro atoms. The van der Waals surface area contributed by atoms with Crippen molar-refractivity contribution in [2.75, 3.05) is 0 Å². The summed E-state index contributed by atoms with van der Waals surface area (Å²) in [6, 6.07) is 0. The second kappa shape index (κ2) is 3.07. The van der Waals surface area contributed by atoms with Gasteiger partial charge in [-0.3, -0.25) is 0 Å². The third kappa shape index (κ3) is 3.21. The molecule has 0 aromatic rings. The third-order valence-electron chi connectivity index (χ3n) is 0.715. The SMILES string of the molecule is [O-][Cl+3]([O-])([O-])ON1C=CC=CO1. The van der Waals surface area contributed by atoms with Crippen molar-refractivity contribution < 1.29 is 33.4 Å². The van der Waals surface area contributed by atoms with Gasteiger partial charge in [-0.15, -0.1) is 0 Å². The Morgan fingerprint density at radius 2 is 2.00 bits per heavy atom. The molecule has 0 saturated carbocycles. The molecule has 1 aliphatic rings. The highest BCUT2D eigenvalue weighted by molar-refractivity contribution is 4.99. The van der Waals surface area contributed by atoms with Crippen LogP contribution in [-0.2, 0) is 9.23 Å². The lowest BCUT2D eigenvalue weighted by Gasteiger charge is -2.17. The van der Waals surface area contributed by atoms with E-state index in [0.29, 0.717) is 5.23 Å². The van der Waals surface area contributed by atoms with E-state index in [-0.39, 0.29) is 0 Å². The van der Waals surface area contributed by atoms with Crippen LogP contribution < -0.4 is 14.0 Å². The van der Waals surface area contributed by atoms with E-state index in [4.69, 9.17) is 0 Å². The fraction of sp³-hybridized carbons (Fsp3) is 0. The van der Waals surface area contributed by atoms with Crippen molar-refractivity contribution in [1.82, 2.24) is 5.23 Å². The lowest BCUT2D eigenvalue weighted by molar-refractivity contribution is -1.93. The van der Waals surface area contributed by atoms with E-state index >= 15 is 0 Å². The highest BCUT2D eigenvalue weighted by Gasteiger charge is 2.25. The molecule has 0 aliphatic carbocycles. The summed E-state index contributed by atoms with van der Waals surface area (Å²) in [7, 11) is -4.50. The lowest BCUT2D eigenvalue weighted by atomic mass is 10.6. The maximum Gasteiger partial charge on any atom is 0.245 e. The summed E-state index contributed by atoms with van der Waals surface area (Å²) < 4.78 is 33.5. The van der Waals surface area contributed by atoms with E-state index in [1.807, 2.05) is 0 Å². The predicted octanol–water partition coefficient (Wildman–Crippen LogP) is -2.91. The number of rotatable bonds is 2. The fourth-order valence-corrected chi connectivity index (χ4v) is 0.663. The lowest BCUT2D eigenvalue weighted by Crippen LogP contribution is -2.62. The Labute approximate surface area is 64.2 Å². The van der Waals surface area contributed by atoms with Gasteiger partial charge < -0.3 is 4.84 Å². The zero-order chi connectivity index (χ0) is 8.32. The standard InChI is InChI=1S/C4H4ClNO5/c7-5(8,9)11-6-3-1-2-4-10-6/h1-4H. The van der Waals surface area contributed by atoms with Crippen LogP contribution in [0.25, 0.3) is 0 Å². The smallest absolute Gasteiger partial charge is 0.245 e. The second-order valence-electron chi connectivity index (χ2n) is 1.51. The van der Waals surface area contributed by atoms with Gasteiger partial charge in [0.15, 0.2) is 0 Å². The van der Waals surface area contributed by atoms with Gasteiger partial charge in [-0.1, -0.05) is 0 Å². The number of nitrogens with zero attached hydrogens (tertiary/aromatic N) is 1. The van der Waals surface area contributed by atoms with Crippen molar-refractivity contribution in [1.29, 1.82) is 0 Å². The minimum absolute atomic E-state index is 0.421. The van der Waals surface area contributed by atoms with Crippen LogP contribution in [0, 0.1) is 10.2 Å². The number of hydrogen-bond donors (Lipinski definition) is 0. The molecule has 1 rings (SSSR count). The van der Waals surface area contributed by atoms with Crippen LogP contribution in [0.2, 0.25) is 0 Å². The van der Waals surface area contributed by atoms with Gasteiger partial charge in [0.2, 0.25) is 4.39 Å². The first-order valence-corrected chi connectivity index (χ1v) is 3.71. The molecule has 0 bridgehead atoms.